The minimum atomic E-state index is -1.60. The summed E-state index contributed by atoms with van der Waals surface area (Å²) < 4.78 is 38.9. The third kappa shape index (κ3) is 5.10. The molecule has 13 heteroatoms. The number of hydrogen-bond acceptors (Lipinski definition) is 13. The highest BCUT2D eigenvalue weighted by Crippen LogP contribution is 2.48. The highest BCUT2D eigenvalue weighted by atomic mass is 16.7. The van der Waals surface area contributed by atoms with Gasteiger partial charge in [-0.3, -0.25) is 9.59 Å². The maximum absolute atomic E-state index is 13.2. The van der Waals surface area contributed by atoms with Crippen molar-refractivity contribution in [3.63, 3.8) is 0 Å². The Hall–Kier alpha value is -4.43. The number of fused-ring (bicyclic) bond motifs is 3. The fourth-order valence-corrected chi connectivity index (χ4v) is 5.63. The van der Waals surface area contributed by atoms with Crippen molar-refractivity contribution in [3.8, 4) is 28.4 Å². The molecular weight excluding hydrogens is 568 g/mol. The Labute approximate surface area is 244 Å². The van der Waals surface area contributed by atoms with Crippen molar-refractivity contribution in [2.45, 2.75) is 58.3 Å². The monoisotopic (exact) mass is 596 g/mol. The molecule has 4 atom stereocenters. The second-order valence-corrected chi connectivity index (χ2v) is 10.2. The molecule has 3 N–H and O–H groups in total. The summed E-state index contributed by atoms with van der Waals surface area (Å²) in [6, 6.07) is 8.48. The van der Waals surface area contributed by atoms with E-state index in [0.29, 0.717) is 50.1 Å². The van der Waals surface area contributed by atoms with Crippen LogP contribution in [0.5, 0.6) is 17.2 Å². The van der Waals surface area contributed by atoms with Crippen molar-refractivity contribution < 1.29 is 62.9 Å². The number of hydrogen-bond donors (Lipinski definition) is 3. The minimum absolute atomic E-state index is 0.0529. The fraction of sp³-hybridized carbons (Fsp3) is 0.367. The maximum Gasteiger partial charge on any atom is 0.339 e. The summed E-state index contributed by atoms with van der Waals surface area (Å²) in [5.41, 5.74) is 2.45. The van der Waals surface area contributed by atoms with E-state index in [1.54, 1.807) is 30.3 Å². The van der Waals surface area contributed by atoms with Gasteiger partial charge in [-0.1, -0.05) is 6.07 Å². The first-order valence-corrected chi connectivity index (χ1v) is 13.4. The van der Waals surface area contributed by atoms with Crippen LogP contribution in [0.4, 0.5) is 0 Å². The Balaban J connectivity index is 1.52. The third-order valence-corrected chi connectivity index (χ3v) is 7.49. The van der Waals surface area contributed by atoms with E-state index in [0.717, 1.165) is 6.92 Å². The molecule has 4 unspecified atom stereocenters. The summed E-state index contributed by atoms with van der Waals surface area (Å²) in [4.78, 5) is 36.7. The van der Waals surface area contributed by atoms with Gasteiger partial charge in [-0.05, 0) is 46.3 Å². The van der Waals surface area contributed by atoms with Crippen molar-refractivity contribution in [2.75, 3.05) is 13.4 Å². The van der Waals surface area contributed by atoms with Crippen molar-refractivity contribution in [1.82, 2.24) is 0 Å². The first-order chi connectivity index (χ1) is 20.7. The Morgan fingerprint density at radius 3 is 2.30 bits per heavy atom. The topological polar surface area (TPSA) is 177 Å². The summed E-state index contributed by atoms with van der Waals surface area (Å²) in [6.45, 7) is 1.15. The number of aliphatic hydroxyl groups excluding tert-OH is 3. The number of cyclic esters (lactones) is 1. The Morgan fingerprint density at radius 2 is 1.60 bits per heavy atom. The number of esters is 3. The molecule has 0 aromatic heterocycles. The lowest BCUT2D eigenvalue weighted by Crippen LogP contribution is -2.57. The van der Waals surface area contributed by atoms with Gasteiger partial charge >= 0.3 is 17.9 Å². The van der Waals surface area contributed by atoms with E-state index >= 15 is 0 Å². The molecular formula is C30H28O13. The van der Waals surface area contributed by atoms with Crippen LogP contribution in [0.1, 0.15) is 40.9 Å². The molecule has 0 aliphatic carbocycles. The van der Waals surface area contributed by atoms with Gasteiger partial charge in [0.25, 0.3) is 0 Å². The van der Waals surface area contributed by atoms with E-state index in [1.165, 1.54) is 6.92 Å². The molecule has 0 radical (unpaired) electrons. The van der Waals surface area contributed by atoms with Gasteiger partial charge in [-0.25, -0.2) is 4.79 Å². The molecule has 3 heterocycles. The zero-order valence-electron chi connectivity index (χ0n) is 23.2. The average Bonchev–Trinajstić information content (AvgIpc) is 3.61. The van der Waals surface area contributed by atoms with E-state index in [2.05, 4.69) is 0 Å². The van der Waals surface area contributed by atoms with Crippen LogP contribution in [0.2, 0.25) is 0 Å². The largest absolute Gasteiger partial charge is 0.461 e. The summed E-state index contributed by atoms with van der Waals surface area (Å²) in [6.07, 6.45) is -5.43. The van der Waals surface area contributed by atoms with Gasteiger partial charge in [0.05, 0.1) is 25.4 Å². The van der Waals surface area contributed by atoms with Gasteiger partial charge in [0.1, 0.15) is 12.4 Å². The van der Waals surface area contributed by atoms with E-state index in [4.69, 9.17) is 33.2 Å². The summed E-state index contributed by atoms with van der Waals surface area (Å²) >= 11 is 0. The molecule has 1 fully saturated rings. The van der Waals surface area contributed by atoms with Crippen LogP contribution in [-0.2, 0) is 48.4 Å². The van der Waals surface area contributed by atoms with Crippen LogP contribution in [0.15, 0.2) is 30.3 Å². The van der Waals surface area contributed by atoms with Gasteiger partial charge in [0.15, 0.2) is 29.8 Å². The molecule has 1 saturated heterocycles. The summed E-state index contributed by atoms with van der Waals surface area (Å²) in [7, 11) is 0. The van der Waals surface area contributed by atoms with E-state index < -0.39 is 55.7 Å². The quantitative estimate of drug-likeness (QED) is 0.266. The molecule has 6 rings (SSSR count). The van der Waals surface area contributed by atoms with Crippen molar-refractivity contribution in [2.24, 2.45) is 0 Å². The molecule has 0 saturated carbocycles. The highest BCUT2D eigenvalue weighted by molar-refractivity contribution is 6.13. The van der Waals surface area contributed by atoms with E-state index in [-0.39, 0.29) is 31.3 Å². The first-order valence-electron chi connectivity index (χ1n) is 13.4. The summed E-state index contributed by atoms with van der Waals surface area (Å²) in [5.74, 6) is -0.849. The van der Waals surface area contributed by atoms with Crippen molar-refractivity contribution >= 4 is 28.7 Å². The Morgan fingerprint density at radius 1 is 0.907 bits per heavy atom. The molecule has 0 amide bonds. The van der Waals surface area contributed by atoms with Crippen LogP contribution in [-0.4, -0.2) is 71.2 Å². The number of carbonyl (C=O) groups is 3. The Kier molecular flexibility index (Phi) is 7.56. The van der Waals surface area contributed by atoms with Crippen molar-refractivity contribution in [1.29, 1.82) is 0 Å². The molecule has 3 aliphatic rings. The third-order valence-electron chi connectivity index (χ3n) is 7.49. The zero-order valence-corrected chi connectivity index (χ0v) is 23.2. The minimum Gasteiger partial charge on any atom is -0.461 e. The predicted octanol–water partition coefficient (Wildman–Crippen LogP) is 1.85. The summed E-state index contributed by atoms with van der Waals surface area (Å²) in [5, 5.41) is 32.3. The number of benzene rings is 3. The lowest BCUT2D eigenvalue weighted by Gasteiger charge is -2.38. The zero-order chi connectivity index (χ0) is 30.4. The molecule has 13 nitrogen and oxygen atoms in total. The molecule has 226 valence electrons. The molecule has 0 bridgehead atoms. The maximum atomic E-state index is 13.2. The van der Waals surface area contributed by atoms with E-state index in [1.807, 2.05) is 0 Å². The second kappa shape index (κ2) is 11.3. The van der Waals surface area contributed by atoms with Gasteiger partial charge < -0.3 is 48.5 Å². The van der Waals surface area contributed by atoms with Gasteiger partial charge in [0.2, 0.25) is 13.1 Å². The van der Waals surface area contributed by atoms with Crippen LogP contribution >= 0.6 is 0 Å². The average molecular weight is 597 g/mol. The molecule has 3 aromatic carbocycles. The smallest absolute Gasteiger partial charge is 0.339 e. The van der Waals surface area contributed by atoms with Crippen molar-refractivity contribution in [3.05, 3.63) is 52.6 Å². The second-order valence-electron chi connectivity index (χ2n) is 10.2. The molecule has 3 aromatic rings. The number of rotatable bonds is 7. The fourth-order valence-electron chi connectivity index (χ4n) is 5.63. The molecule has 43 heavy (non-hydrogen) atoms. The molecule has 3 aliphatic heterocycles. The first kappa shape index (κ1) is 28.7. The van der Waals surface area contributed by atoms with Gasteiger partial charge in [-0.15, -0.1) is 0 Å². The number of aliphatic hydroxyl groups is 3. The lowest BCUT2D eigenvalue weighted by atomic mass is 9.87. The van der Waals surface area contributed by atoms with Crippen LogP contribution < -0.4 is 14.2 Å². The SMILES string of the molecule is CC(=O)OC1COC(Oc2c3c(c(-c4ccc5c(c4)OCO5)c4cc(CO)c(CO)cc24)C(=O)OC3)C(O)C1OC(C)=O. The highest BCUT2D eigenvalue weighted by Gasteiger charge is 2.46. The predicted molar refractivity (Wildman–Crippen MR) is 144 cm³/mol. The van der Waals surface area contributed by atoms with E-state index in [9.17, 15) is 29.7 Å². The Bertz CT molecular complexity index is 1630. The van der Waals surface area contributed by atoms with Crippen LogP contribution in [0.25, 0.3) is 21.9 Å². The molecule has 0 spiro atoms. The number of carbonyl (C=O) groups excluding carboxylic acids is 3. The van der Waals surface area contributed by atoms with Gasteiger partial charge in [-0.2, -0.15) is 0 Å². The number of ether oxygens (including phenoxy) is 7. The lowest BCUT2D eigenvalue weighted by molar-refractivity contribution is -0.253. The van der Waals surface area contributed by atoms with Crippen LogP contribution in [0.3, 0.4) is 0 Å². The standard InChI is InChI=1S/C30H28O13/c1-13(33)41-23-11-38-30(26(35)28(23)42-14(2)34)43-27-19-6-17(9-32)16(8-31)5-18(19)24(25-20(27)10-37-29(25)36)15-3-4-21-22(7-15)40-12-39-21/h3-7,23,26,28,30-32,35H,8-12H2,1-2H3. The van der Waals surface area contributed by atoms with Crippen LogP contribution in [0, 0.1) is 0 Å². The van der Waals surface area contributed by atoms with Gasteiger partial charge in [0, 0.05) is 30.4 Å². The normalized spacial score (nSPS) is 22.2.